The first-order valence-electron chi connectivity index (χ1n) is 7.72. The lowest BCUT2D eigenvalue weighted by molar-refractivity contribution is -0.124. The Morgan fingerprint density at radius 1 is 1.28 bits per heavy atom. The molecular formula is C20H19BrN2O2. The number of benzene rings is 2. The van der Waals surface area contributed by atoms with Crippen molar-refractivity contribution >= 4 is 27.9 Å². The van der Waals surface area contributed by atoms with E-state index in [0.29, 0.717) is 17.9 Å². The minimum atomic E-state index is -0.341. The van der Waals surface area contributed by atoms with Crippen LogP contribution in [0.1, 0.15) is 16.7 Å². The van der Waals surface area contributed by atoms with E-state index in [1.54, 1.807) is 20.2 Å². The van der Waals surface area contributed by atoms with Gasteiger partial charge in [-0.3, -0.25) is 4.79 Å². The summed E-state index contributed by atoms with van der Waals surface area (Å²) in [4.78, 5) is 13.4. The molecule has 2 aromatic carbocycles. The largest absolute Gasteiger partial charge is 0.488 e. The zero-order valence-corrected chi connectivity index (χ0v) is 16.0. The van der Waals surface area contributed by atoms with E-state index in [1.807, 2.05) is 49.4 Å². The maximum absolute atomic E-state index is 12.1. The van der Waals surface area contributed by atoms with E-state index < -0.39 is 0 Å². The summed E-state index contributed by atoms with van der Waals surface area (Å²) in [6, 6.07) is 15.5. The molecule has 0 bridgehead atoms. The third kappa shape index (κ3) is 5.20. The van der Waals surface area contributed by atoms with Crippen LogP contribution in [-0.4, -0.2) is 24.9 Å². The molecule has 0 N–H and O–H groups in total. The Labute approximate surface area is 156 Å². The quantitative estimate of drug-likeness (QED) is 0.556. The number of halogens is 1. The van der Waals surface area contributed by atoms with Crippen LogP contribution in [0.25, 0.3) is 6.08 Å². The summed E-state index contributed by atoms with van der Waals surface area (Å²) >= 11 is 3.42. The van der Waals surface area contributed by atoms with Crippen molar-refractivity contribution < 1.29 is 9.53 Å². The molecule has 0 saturated carbocycles. The second kappa shape index (κ2) is 8.50. The minimum absolute atomic E-state index is 0.0588. The summed E-state index contributed by atoms with van der Waals surface area (Å²) in [6.07, 6.45) is 1.55. The van der Waals surface area contributed by atoms with Crippen molar-refractivity contribution in [3.05, 3.63) is 69.2 Å². The number of likely N-dealkylation sites (N-methyl/N-ethyl adjacent to an activating group) is 1. The van der Waals surface area contributed by atoms with Gasteiger partial charge in [-0.2, -0.15) is 5.26 Å². The summed E-state index contributed by atoms with van der Waals surface area (Å²) < 4.78 is 6.76. The van der Waals surface area contributed by atoms with Gasteiger partial charge in [0.05, 0.1) is 0 Å². The fraction of sp³-hybridized carbons (Fsp3) is 0.200. The molecule has 0 saturated heterocycles. The molecule has 0 spiro atoms. The lowest BCUT2D eigenvalue weighted by atomic mass is 10.1. The zero-order chi connectivity index (χ0) is 18.4. The number of nitriles is 1. The van der Waals surface area contributed by atoms with Crippen LogP contribution in [0.3, 0.4) is 0 Å². The predicted molar refractivity (Wildman–Crippen MR) is 102 cm³/mol. The SMILES string of the molecule is Cc1cccc(COc2ccc(Br)cc2/C=C(/C#N)C(=O)N(C)C)c1. The number of rotatable bonds is 5. The fourth-order valence-corrected chi connectivity index (χ4v) is 2.64. The second-order valence-corrected chi connectivity index (χ2v) is 6.74. The molecule has 0 aliphatic rings. The molecule has 0 fully saturated rings. The first-order chi connectivity index (χ1) is 11.9. The molecule has 0 aliphatic carbocycles. The summed E-state index contributed by atoms with van der Waals surface area (Å²) in [7, 11) is 3.23. The molecule has 0 radical (unpaired) electrons. The van der Waals surface area contributed by atoms with Crippen LogP contribution in [0.2, 0.25) is 0 Å². The lowest BCUT2D eigenvalue weighted by Gasteiger charge is -2.12. The molecule has 0 unspecified atom stereocenters. The maximum atomic E-state index is 12.1. The first kappa shape index (κ1) is 18.8. The highest BCUT2D eigenvalue weighted by Crippen LogP contribution is 2.26. The van der Waals surface area contributed by atoms with Crippen molar-refractivity contribution in [2.45, 2.75) is 13.5 Å². The lowest BCUT2D eigenvalue weighted by Crippen LogP contribution is -2.22. The van der Waals surface area contributed by atoms with Crippen LogP contribution in [0.5, 0.6) is 5.75 Å². The van der Waals surface area contributed by atoms with Gasteiger partial charge in [0.15, 0.2) is 0 Å². The Bertz CT molecular complexity index is 851. The minimum Gasteiger partial charge on any atom is -0.488 e. The monoisotopic (exact) mass is 398 g/mol. The number of ether oxygens (including phenoxy) is 1. The van der Waals surface area contributed by atoms with Gasteiger partial charge < -0.3 is 9.64 Å². The summed E-state index contributed by atoms with van der Waals surface area (Å²) in [5, 5.41) is 9.29. The highest BCUT2D eigenvalue weighted by molar-refractivity contribution is 9.10. The third-order valence-electron chi connectivity index (χ3n) is 3.51. The number of hydrogen-bond donors (Lipinski definition) is 0. The van der Waals surface area contributed by atoms with E-state index in [-0.39, 0.29) is 11.5 Å². The Kier molecular flexibility index (Phi) is 6.37. The van der Waals surface area contributed by atoms with Crippen molar-refractivity contribution in [1.82, 2.24) is 4.90 Å². The molecular weight excluding hydrogens is 380 g/mol. The molecule has 0 aromatic heterocycles. The van der Waals surface area contributed by atoms with Crippen molar-refractivity contribution in [2.24, 2.45) is 0 Å². The number of nitrogens with zero attached hydrogens (tertiary/aromatic N) is 2. The molecule has 4 nitrogen and oxygen atoms in total. The number of carbonyl (C=O) groups excluding carboxylic acids is 1. The molecule has 2 rings (SSSR count). The van der Waals surface area contributed by atoms with Gasteiger partial charge in [0.1, 0.15) is 24.0 Å². The van der Waals surface area contributed by atoms with Gasteiger partial charge in [-0.25, -0.2) is 0 Å². The van der Waals surface area contributed by atoms with Crippen LogP contribution in [0.15, 0.2) is 52.5 Å². The van der Waals surface area contributed by atoms with Crippen LogP contribution < -0.4 is 4.74 Å². The standard InChI is InChI=1S/C20H19BrN2O2/c1-14-5-4-6-15(9-14)13-25-19-8-7-18(21)11-16(19)10-17(12-22)20(24)23(2)3/h4-11H,13H2,1-3H3/b17-10-. The van der Waals surface area contributed by atoms with Crippen LogP contribution in [0, 0.1) is 18.3 Å². The Morgan fingerprint density at radius 3 is 2.68 bits per heavy atom. The van der Waals surface area contributed by atoms with E-state index >= 15 is 0 Å². The van der Waals surface area contributed by atoms with Crippen molar-refractivity contribution in [3.8, 4) is 11.8 Å². The van der Waals surface area contributed by atoms with Crippen molar-refractivity contribution in [1.29, 1.82) is 5.26 Å². The first-order valence-corrected chi connectivity index (χ1v) is 8.51. The van der Waals surface area contributed by atoms with Gasteiger partial charge in [-0.15, -0.1) is 0 Å². The van der Waals surface area contributed by atoms with Gasteiger partial charge in [0, 0.05) is 24.1 Å². The van der Waals surface area contributed by atoms with Crippen molar-refractivity contribution in [2.75, 3.05) is 14.1 Å². The Morgan fingerprint density at radius 2 is 2.04 bits per heavy atom. The average Bonchev–Trinajstić information content (AvgIpc) is 2.58. The van der Waals surface area contributed by atoms with Crippen LogP contribution in [-0.2, 0) is 11.4 Å². The topological polar surface area (TPSA) is 53.3 Å². The smallest absolute Gasteiger partial charge is 0.264 e. The number of amides is 1. The average molecular weight is 399 g/mol. The van der Waals surface area contributed by atoms with E-state index in [4.69, 9.17) is 4.74 Å². The molecule has 1 amide bonds. The van der Waals surface area contributed by atoms with E-state index in [2.05, 4.69) is 22.0 Å². The number of hydrogen-bond acceptors (Lipinski definition) is 3. The fourth-order valence-electron chi connectivity index (χ4n) is 2.26. The highest BCUT2D eigenvalue weighted by Gasteiger charge is 2.13. The third-order valence-corrected chi connectivity index (χ3v) is 4.00. The van der Waals surface area contributed by atoms with Gasteiger partial charge in [-0.1, -0.05) is 45.8 Å². The van der Waals surface area contributed by atoms with Crippen LogP contribution in [0.4, 0.5) is 0 Å². The van der Waals surface area contributed by atoms with E-state index in [9.17, 15) is 10.1 Å². The van der Waals surface area contributed by atoms with E-state index in [1.165, 1.54) is 10.5 Å². The predicted octanol–water partition coefficient (Wildman–Crippen LogP) is 4.33. The molecule has 0 aliphatic heterocycles. The van der Waals surface area contributed by atoms with Crippen molar-refractivity contribution in [3.63, 3.8) is 0 Å². The highest BCUT2D eigenvalue weighted by atomic mass is 79.9. The molecule has 5 heteroatoms. The van der Waals surface area contributed by atoms with E-state index in [0.717, 1.165) is 10.0 Å². The molecule has 2 aromatic rings. The molecule has 25 heavy (non-hydrogen) atoms. The number of carbonyl (C=O) groups is 1. The zero-order valence-electron chi connectivity index (χ0n) is 14.4. The van der Waals surface area contributed by atoms with Gasteiger partial charge in [0.25, 0.3) is 5.91 Å². The molecule has 128 valence electrons. The Balaban J connectivity index is 2.31. The Hall–Kier alpha value is -2.58. The number of aryl methyl sites for hydroxylation is 1. The molecule has 0 atom stereocenters. The van der Waals surface area contributed by atoms with Crippen LogP contribution >= 0.6 is 15.9 Å². The normalized spacial score (nSPS) is 10.9. The summed E-state index contributed by atoms with van der Waals surface area (Å²) in [6.45, 7) is 2.44. The second-order valence-electron chi connectivity index (χ2n) is 5.83. The van der Waals surface area contributed by atoms with Gasteiger partial charge >= 0.3 is 0 Å². The summed E-state index contributed by atoms with van der Waals surface area (Å²) in [5.41, 5.74) is 2.96. The summed E-state index contributed by atoms with van der Waals surface area (Å²) in [5.74, 6) is 0.274. The maximum Gasteiger partial charge on any atom is 0.264 e. The van der Waals surface area contributed by atoms with Gasteiger partial charge in [0.2, 0.25) is 0 Å². The molecule has 0 heterocycles. The van der Waals surface area contributed by atoms with Gasteiger partial charge in [-0.05, 0) is 36.8 Å².